The summed E-state index contributed by atoms with van der Waals surface area (Å²) in [6.07, 6.45) is 7.81. The van der Waals surface area contributed by atoms with E-state index in [4.69, 9.17) is 4.74 Å². The van der Waals surface area contributed by atoms with Crippen LogP contribution in [0.4, 0.5) is 0 Å². The molecule has 0 spiro atoms. The summed E-state index contributed by atoms with van der Waals surface area (Å²) in [5.74, 6) is -0.416. The van der Waals surface area contributed by atoms with Gasteiger partial charge in [0.2, 0.25) is 0 Å². The quantitative estimate of drug-likeness (QED) is 0.452. The second-order valence-electron chi connectivity index (χ2n) is 5.08. The summed E-state index contributed by atoms with van der Waals surface area (Å²) in [7, 11) is 0. The third-order valence-electron chi connectivity index (χ3n) is 3.25. The zero-order valence-electron chi connectivity index (χ0n) is 12.3. The van der Waals surface area contributed by atoms with E-state index in [-0.39, 0.29) is 0 Å². The average Bonchev–Trinajstić information content (AvgIpc) is 2.37. The van der Waals surface area contributed by atoms with Crippen molar-refractivity contribution in [3.8, 4) is 0 Å². The third-order valence-corrected chi connectivity index (χ3v) is 3.25. The van der Waals surface area contributed by atoms with Crippen molar-refractivity contribution in [1.29, 1.82) is 0 Å². The normalized spacial score (nSPS) is 14.2. The first-order chi connectivity index (χ1) is 8.60. The molecule has 0 radical (unpaired) electrons. The first kappa shape index (κ1) is 17.4. The Hall–Kier alpha value is -0.570. The Balaban J connectivity index is 4.28. The highest BCUT2D eigenvalue weighted by Gasteiger charge is 2.36. The molecule has 0 fully saturated rings. The van der Waals surface area contributed by atoms with Crippen LogP contribution < -0.4 is 0 Å². The van der Waals surface area contributed by atoms with E-state index < -0.39 is 11.6 Å². The number of carbonyl (C=O) groups excluding carboxylic acids is 1. The van der Waals surface area contributed by atoms with Gasteiger partial charge in [-0.15, -0.1) is 0 Å². The van der Waals surface area contributed by atoms with Gasteiger partial charge in [0.1, 0.15) is 0 Å². The van der Waals surface area contributed by atoms with Crippen molar-refractivity contribution in [2.75, 3.05) is 6.61 Å². The zero-order chi connectivity index (χ0) is 13.9. The van der Waals surface area contributed by atoms with Gasteiger partial charge >= 0.3 is 5.97 Å². The molecule has 0 rings (SSSR count). The molecule has 0 aromatic carbocycles. The van der Waals surface area contributed by atoms with Crippen molar-refractivity contribution in [2.24, 2.45) is 0 Å². The van der Waals surface area contributed by atoms with Gasteiger partial charge < -0.3 is 9.84 Å². The first-order valence-corrected chi connectivity index (χ1v) is 7.50. The van der Waals surface area contributed by atoms with Crippen molar-refractivity contribution in [1.82, 2.24) is 0 Å². The van der Waals surface area contributed by atoms with Crippen molar-refractivity contribution >= 4 is 5.97 Å². The van der Waals surface area contributed by atoms with Crippen LogP contribution in [-0.4, -0.2) is 23.3 Å². The van der Waals surface area contributed by atoms with Crippen molar-refractivity contribution in [2.45, 2.75) is 84.2 Å². The lowest BCUT2D eigenvalue weighted by molar-refractivity contribution is -0.167. The fraction of sp³-hybridized carbons (Fsp3) is 0.933. The van der Waals surface area contributed by atoms with E-state index >= 15 is 0 Å². The van der Waals surface area contributed by atoms with Crippen LogP contribution in [0.25, 0.3) is 0 Å². The van der Waals surface area contributed by atoms with Crippen LogP contribution in [0, 0.1) is 0 Å². The number of rotatable bonds is 11. The molecule has 108 valence electrons. The standard InChI is InChI=1S/C15H30O3/c1-4-7-10-12-15(17,11-8-5-2)14(16)18-13-9-6-3/h17H,4-13H2,1-3H3. The van der Waals surface area contributed by atoms with E-state index in [9.17, 15) is 9.90 Å². The van der Waals surface area contributed by atoms with Crippen LogP contribution in [0.3, 0.4) is 0 Å². The molecule has 0 bridgehead atoms. The van der Waals surface area contributed by atoms with E-state index in [1.165, 1.54) is 0 Å². The van der Waals surface area contributed by atoms with E-state index in [0.717, 1.165) is 44.9 Å². The van der Waals surface area contributed by atoms with E-state index in [1.807, 2.05) is 0 Å². The molecule has 0 heterocycles. The Morgan fingerprint density at radius 3 is 2.06 bits per heavy atom. The highest BCUT2D eigenvalue weighted by atomic mass is 16.5. The largest absolute Gasteiger partial charge is 0.464 e. The van der Waals surface area contributed by atoms with Crippen molar-refractivity contribution in [3.05, 3.63) is 0 Å². The van der Waals surface area contributed by atoms with Gasteiger partial charge in [0.15, 0.2) is 5.60 Å². The second-order valence-corrected chi connectivity index (χ2v) is 5.08. The minimum Gasteiger partial charge on any atom is -0.464 e. The van der Waals surface area contributed by atoms with Crippen LogP contribution in [0.1, 0.15) is 78.6 Å². The fourth-order valence-electron chi connectivity index (χ4n) is 1.91. The first-order valence-electron chi connectivity index (χ1n) is 7.50. The summed E-state index contributed by atoms with van der Waals surface area (Å²) in [6, 6.07) is 0. The van der Waals surface area contributed by atoms with Crippen LogP contribution in [0.2, 0.25) is 0 Å². The summed E-state index contributed by atoms with van der Waals surface area (Å²) in [5.41, 5.74) is -1.25. The smallest absolute Gasteiger partial charge is 0.338 e. The lowest BCUT2D eigenvalue weighted by atomic mass is 9.90. The monoisotopic (exact) mass is 258 g/mol. The summed E-state index contributed by atoms with van der Waals surface area (Å²) in [4.78, 5) is 12.0. The minimum absolute atomic E-state index is 0.416. The van der Waals surface area contributed by atoms with Crippen LogP contribution >= 0.6 is 0 Å². The predicted octanol–water partition coefficient (Wildman–Crippen LogP) is 3.83. The van der Waals surface area contributed by atoms with Crippen LogP contribution in [0.5, 0.6) is 0 Å². The number of hydrogen-bond donors (Lipinski definition) is 1. The lowest BCUT2D eigenvalue weighted by Crippen LogP contribution is -2.40. The third kappa shape index (κ3) is 7.00. The number of aliphatic hydroxyl groups is 1. The van der Waals surface area contributed by atoms with Gasteiger partial charge in [0.05, 0.1) is 6.61 Å². The van der Waals surface area contributed by atoms with Crippen LogP contribution in [0.15, 0.2) is 0 Å². The van der Waals surface area contributed by atoms with E-state index in [2.05, 4.69) is 20.8 Å². The van der Waals surface area contributed by atoms with Crippen molar-refractivity contribution in [3.63, 3.8) is 0 Å². The number of hydrogen-bond acceptors (Lipinski definition) is 3. The molecule has 3 heteroatoms. The molecule has 3 nitrogen and oxygen atoms in total. The van der Waals surface area contributed by atoms with Gasteiger partial charge in [-0.3, -0.25) is 0 Å². The molecule has 18 heavy (non-hydrogen) atoms. The van der Waals surface area contributed by atoms with Gasteiger partial charge in [-0.2, -0.15) is 0 Å². The van der Waals surface area contributed by atoms with Gasteiger partial charge in [-0.1, -0.05) is 52.9 Å². The molecular weight excluding hydrogens is 228 g/mol. The SMILES string of the molecule is CCCCCC(O)(CCCC)C(=O)OCCCC. The second kappa shape index (κ2) is 10.4. The molecule has 0 aliphatic rings. The number of esters is 1. The maximum atomic E-state index is 12.0. The van der Waals surface area contributed by atoms with Gasteiger partial charge in [-0.05, 0) is 25.7 Å². The molecule has 0 aromatic heterocycles. The Kier molecular flexibility index (Phi) is 10.0. The molecule has 0 aromatic rings. The molecule has 0 aliphatic heterocycles. The maximum absolute atomic E-state index is 12.0. The Labute approximate surface area is 112 Å². The van der Waals surface area contributed by atoms with E-state index in [0.29, 0.717) is 19.4 Å². The van der Waals surface area contributed by atoms with Crippen LogP contribution in [-0.2, 0) is 9.53 Å². The summed E-state index contributed by atoms with van der Waals surface area (Å²) < 4.78 is 5.19. The lowest BCUT2D eigenvalue weighted by Gasteiger charge is -2.26. The summed E-state index contributed by atoms with van der Waals surface area (Å²) >= 11 is 0. The fourth-order valence-corrected chi connectivity index (χ4v) is 1.91. The highest BCUT2D eigenvalue weighted by Crippen LogP contribution is 2.23. The average molecular weight is 258 g/mol. The van der Waals surface area contributed by atoms with Gasteiger partial charge in [0, 0.05) is 0 Å². The van der Waals surface area contributed by atoms with E-state index in [1.54, 1.807) is 0 Å². The summed E-state index contributed by atoms with van der Waals surface area (Å²) in [5, 5.41) is 10.5. The summed E-state index contributed by atoms with van der Waals surface area (Å²) in [6.45, 7) is 6.66. The molecule has 1 unspecified atom stereocenters. The molecule has 0 saturated carbocycles. The maximum Gasteiger partial charge on any atom is 0.338 e. The predicted molar refractivity (Wildman–Crippen MR) is 74.5 cm³/mol. The highest BCUT2D eigenvalue weighted by molar-refractivity contribution is 5.79. The van der Waals surface area contributed by atoms with Crippen molar-refractivity contribution < 1.29 is 14.6 Å². The molecule has 0 amide bonds. The number of carbonyl (C=O) groups is 1. The molecular formula is C15H30O3. The molecule has 0 aliphatic carbocycles. The molecule has 0 saturated heterocycles. The van der Waals surface area contributed by atoms with Gasteiger partial charge in [-0.25, -0.2) is 4.79 Å². The Morgan fingerprint density at radius 1 is 0.944 bits per heavy atom. The molecule has 1 N–H and O–H groups in total. The molecule has 1 atom stereocenters. The Morgan fingerprint density at radius 2 is 1.50 bits per heavy atom. The Bertz CT molecular complexity index is 216. The topological polar surface area (TPSA) is 46.5 Å². The number of ether oxygens (including phenoxy) is 1. The minimum atomic E-state index is -1.25. The van der Waals surface area contributed by atoms with Gasteiger partial charge in [0.25, 0.3) is 0 Å². The zero-order valence-corrected chi connectivity index (χ0v) is 12.3. The number of unbranched alkanes of at least 4 members (excludes halogenated alkanes) is 4.